The van der Waals surface area contributed by atoms with Gasteiger partial charge < -0.3 is 4.74 Å². The van der Waals surface area contributed by atoms with Crippen LogP contribution in [0.25, 0.3) is 22.3 Å². The Balaban J connectivity index is 1.61. The van der Waals surface area contributed by atoms with E-state index in [-0.39, 0.29) is 10.2 Å². The van der Waals surface area contributed by atoms with E-state index in [1.807, 2.05) is 48.5 Å². The van der Waals surface area contributed by atoms with Crippen LogP contribution in [0.1, 0.15) is 13.8 Å². The van der Waals surface area contributed by atoms with Crippen LogP contribution in [0, 0.1) is 0 Å². The summed E-state index contributed by atoms with van der Waals surface area (Å²) in [5, 5.41) is 1.51. The van der Waals surface area contributed by atoms with Gasteiger partial charge >= 0.3 is 0 Å². The first kappa shape index (κ1) is 24.4. The van der Waals surface area contributed by atoms with Crippen molar-refractivity contribution in [1.29, 1.82) is 0 Å². The monoisotopic (exact) mass is 472 g/mol. The van der Waals surface area contributed by atoms with E-state index in [1.165, 1.54) is 18.0 Å². The second-order valence-electron chi connectivity index (χ2n) is 7.37. The Hall–Kier alpha value is -3.28. The summed E-state index contributed by atoms with van der Waals surface area (Å²) in [6.45, 7) is 10.7. The summed E-state index contributed by atoms with van der Waals surface area (Å²) in [6, 6.07) is 24.0. The summed E-state index contributed by atoms with van der Waals surface area (Å²) in [7, 11) is 0. The highest BCUT2D eigenvalue weighted by atomic mass is 32.2. The Labute approximate surface area is 203 Å². The van der Waals surface area contributed by atoms with Crippen LogP contribution in [-0.2, 0) is 9.59 Å². The average molecular weight is 473 g/mol. The number of carbonyl (C=O) groups excluding carboxylic acids is 2. The van der Waals surface area contributed by atoms with Crippen molar-refractivity contribution in [3.8, 4) is 28.0 Å². The van der Waals surface area contributed by atoms with Crippen molar-refractivity contribution in [2.75, 3.05) is 0 Å². The highest BCUT2D eigenvalue weighted by Gasteiger charge is 2.06. The van der Waals surface area contributed by atoms with Gasteiger partial charge in [-0.15, -0.1) is 0 Å². The maximum Gasteiger partial charge on any atom is 0.219 e. The third-order valence-electron chi connectivity index (χ3n) is 4.60. The van der Waals surface area contributed by atoms with Gasteiger partial charge in [0.2, 0.25) is 10.2 Å². The zero-order valence-corrected chi connectivity index (χ0v) is 20.2. The Kier molecular flexibility index (Phi) is 8.52. The Morgan fingerprint density at radius 3 is 1.58 bits per heavy atom. The van der Waals surface area contributed by atoms with Gasteiger partial charge in [-0.2, -0.15) is 0 Å². The fourth-order valence-corrected chi connectivity index (χ4v) is 3.88. The molecule has 166 valence electrons. The van der Waals surface area contributed by atoms with E-state index in [2.05, 4.69) is 37.4 Å². The minimum absolute atomic E-state index is 0.0173. The quantitative estimate of drug-likeness (QED) is 0.189. The van der Waals surface area contributed by atoms with Crippen molar-refractivity contribution in [2.24, 2.45) is 0 Å². The van der Waals surface area contributed by atoms with Crippen molar-refractivity contribution in [2.45, 2.75) is 18.7 Å². The molecule has 3 rings (SSSR count). The second kappa shape index (κ2) is 11.5. The highest BCUT2D eigenvalue weighted by Crippen LogP contribution is 2.29. The molecule has 0 fully saturated rings. The molecular weight excluding hydrogens is 448 g/mol. The van der Waals surface area contributed by atoms with Crippen molar-refractivity contribution in [3.63, 3.8) is 0 Å². The van der Waals surface area contributed by atoms with Gasteiger partial charge in [-0.05, 0) is 83.3 Å². The van der Waals surface area contributed by atoms with Crippen molar-refractivity contribution in [1.82, 2.24) is 0 Å². The Bertz CT molecular complexity index is 1190. The lowest BCUT2D eigenvalue weighted by Crippen LogP contribution is -1.90. The van der Waals surface area contributed by atoms with Crippen LogP contribution in [0.2, 0.25) is 0 Å². The van der Waals surface area contributed by atoms with Gasteiger partial charge in [0.05, 0.1) is 6.26 Å². The molecule has 0 amide bonds. The van der Waals surface area contributed by atoms with Crippen LogP contribution in [0.15, 0.2) is 114 Å². The molecule has 0 N–H and O–H groups in total. The predicted molar refractivity (Wildman–Crippen MR) is 140 cm³/mol. The van der Waals surface area contributed by atoms with E-state index >= 15 is 0 Å². The lowest BCUT2D eigenvalue weighted by Gasteiger charge is -2.07. The topological polar surface area (TPSA) is 43.4 Å². The Morgan fingerprint density at radius 2 is 1.12 bits per heavy atom. The molecule has 5 heteroatoms. The molecule has 0 aliphatic heterocycles. The molecule has 0 aromatic heterocycles. The predicted octanol–water partition coefficient (Wildman–Crippen LogP) is 7.90. The molecule has 0 aliphatic rings. The average Bonchev–Trinajstić information content (AvgIpc) is 2.82. The summed E-state index contributed by atoms with van der Waals surface area (Å²) in [5.41, 5.74) is 5.43. The number of rotatable bonds is 8. The zero-order valence-electron chi connectivity index (χ0n) is 18.5. The van der Waals surface area contributed by atoms with Crippen molar-refractivity contribution in [3.05, 3.63) is 109 Å². The van der Waals surface area contributed by atoms with Crippen LogP contribution < -0.4 is 4.74 Å². The first-order chi connectivity index (χ1) is 15.8. The summed E-state index contributed by atoms with van der Waals surface area (Å²) in [5.74, 6) is 0.693. The van der Waals surface area contributed by atoms with E-state index in [0.717, 1.165) is 38.9 Å². The van der Waals surface area contributed by atoms with Gasteiger partial charge in [-0.1, -0.05) is 73.5 Å². The smallest absolute Gasteiger partial charge is 0.219 e. The van der Waals surface area contributed by atoms with E-state index in [4.69, 9.17) is 4.74 Å². The number of ether oxygens (including phenoxy) is 1. The molecule has 0 saturated carbocycles. The molecular formula is C28H24O3S2. The number of thioether (sulfide) groups is 2. The lowest BCUT2D eigenvalue weighted by atomic mass is 10.0. The highest BCUT2D eigenvalue weighted by molar-refractivity contribution is 8.16. The molecule has 0 atom stereocenters. The van der Waals surface area contributed by atoms with Crippen molar-refractivity contribution < 1.29 is 14.3 Å². The van der Waals surface area contributed by atoms with Gasteiger partial charge in [0, 0.05) is 10.3 Å². The molecule has 3 aromatic rings. The molecule has 33 heavy (non-hydrogen) atoms. The maximum atomic E-state index is 11.8. The molecule has 0 saturated heterocycles. The SMILES string of the molecule is C=C(C)C(=O)SC=COc1ccc(-c2ccc(-c3ccc(SC(=O)C(=C)C)cc3)cc2)cc1. The van der Waals surface area contributed by atoms with Gasteiger partial charge in [0.15, 0.2) is 0 Å². The van der Waals surface area contributed by atoms with Crippen molar-refractivity contribution >= 4 is 33.8 Å². The van der Waals surface area contributed by atoms with Gasteiger partial charge in [-0.3, -0.25) is 9.59 Å². The third kappa shape index (κ3) is 7.11. The van der Waals surface area contributed by atoms with Gasteiger partial charge in [-0.25, -0.2) is 0 Å². The molecule has 0 spiro atoms. The first-order valence-electron chi connectivity index (χ1n) is 10.2. The first-order valence-corrected chi connectivity index (χ1v) is 11.9. The number of hydrogen-bond acceptors (Lipinski definition) is 5. The van der Waals surface area contributed by atoms with E-state index in [0.29, 0.717) is 16.9 Å². The molecule has 3 aromatic carbocycles. The summed E-state index contributed by atoms with van der Waals surface area (Å²) < 4.78 is 5.54. The Morgan fingerprint density at radius 1 is 0.697 bits per heavy atom. The minimum Gasteiger partial charge on any atom is -0.464 e. The molecule has 0 heterocycles. The van der Waals surface area contributed by atoms with Gasteiger partial charge in [0.25, 0.3) is 0 Å². The number of benzene rings is 3. The molecule has 0 bridgehead atoms. The van der Waals surface area contributed by atoms with Gasteiger partial charge in [0.1, 0.15) is 5.75 Å². The molecule has 3 nitrogen and oxygen atoms in total. The summed E-state index contributed by atoms with van der Waals surface area (Å²) >= 11 is 2.24. The standard InChI is InChI=1S/C28H24O3S2/c1-19(2)27(29)32-18-17-31-25-13-9-23(10-14-25)21-5-7-22(8-6-21)24-11-15-26(16-12-24)33-28(30)20(3)4/h5-18H,1,3H2,2,4H3. The normalized spacial score (nSPS) is 10.7. The maximum absolute atomic E-state index is 11.8. The van der Waals surface area contributed by atoms with E-state index < -0.39 is 0 Å². The largest absolute Gasteiger partial charge is 0.464 e. The zero-order chi connectivity index (χ0) is 23.8. The van der Waals surface area contributed by atoms with Crippen LogP contribution >= 0.6 is 23.5 Å². The fraction of sp³-hybridized carbons (Fsp3) is 0.0714. The number of hydrogen-bond donors (Lipinski definition) is 0. The van der Waals surface area contributed by atoms with Crippen LogP contribution in [0.5, 0.6) is 5.75 Å². The lowest BCUT2D eigenvalue weighted by molar-refractivity contribution is -0.108. The fourth-order valence-electron chi connectivity index (χ4n) is 2.79. The van der Waals surface area contributed by atoms with Crippen LogP contribution in [-0.4, -0.2) is 10.2 Å². The van der Waals surface area contributed by atoms with E-state index in [9.17, 15) is 9.59 Å². The van der Waals surface area contributed by atoms with E-state index in [1.54, 1.807) is 19.3 Å². The van der Waals surface area contributed by atoms with Crippen LogP contribution in [0.3, 0.4) is 0 Å². The summed E-state index contributed by atoms with van der Waals surface area (Å²) in [4.78, 5) is 24.2. The second-order valence-corrected chi connectivity index (χ2v) is 9.30. The molecule has 0 unspecified atom stereocenters. The van der Waals surface area contributed by atoms with Crippen LogP contribution in [0.4, 0.5) is 0 Å². The molecule has 0 aliphatic carbocycles. The summed E-state index contributed by atoms with van der Waals surface area (Å²) in [6.07, 6.45) is 1.49. The minimum atomic E-state index is -0.0821. The molecule has 0 radical (unpaired) electrons. The third-order valence-corrected chi connectivity index (χ3v) is 6.45. The number of carbonyl (C=O) groups is 2.